The molecule has 1 heterocycles. The Hall–Kier alpha value is -1.56. The van der Waals surface area contributed by atoms with E-state index in [1.54, 1.807) is 11.3 Å². The number of rotatable bonds is 5. The topological polar surface area (TPSA) is 87.7 Å². The van der Waals surface area contributed by atoms with Crippen LogP contribution in [0.15, 0.2) is 22.7 Å². The van der Waals surface area contributed by atoms with Gasteiger partial charge in [-0.25, -0.2) is 0 Å². The Balaban J connectivity index is 1.93. The minimum Gasteiger partial charge on any atom is -0.409 e. The lowest BCUT2D eigenvalue weighted by Gasteiger charge is -2.25. The van der Waals surface area contributed by atoms with Crippen molar-refractivity contribution in [2.75, 3.05) is 6.54 Å². The van der Waals surface area contributed by atoms with Gasteiger partial charge in [0.15, 0.2) is 5.84 Å². The molecule has 0 aromatic carbocycles. The second kappa shape index (κ2) is 6.06. The lowest BCUT2D eigenvalue weighted by Crippen LogP contribution is -2.48. The number of amides is 1. The van der Waals surface area contributed by atoms with Crippen LogP contribution in [0.4, 0.5) is 0 Å². The molecule has 5 nitrogen and oxygen atoms in total. The van der Waals surface area contributed by atoms with Crippen LogP contribution in [0.3, 0.4) is 0 Å². The molecule has 0 unspecified atom stereocenters. The van der Waals surface area contributed by atoms with Crippen LogP contribution in [-0.2, 0) is 11.2 Å². The predicted molar refractivity (Wildman–Crippen MR) is 75.3 cm³/mol. The molecule has 19 heavy (non-hydrogen) atoms. The Bertz CT molecular complexity index is 450. The van der Waals surface area contributed by atoms with Crippen LogP contribution in [0.1, 0.15) is 30.6 Å². The highest BCUT2D eigenvalue weighted by Crippen LogP contribution is 2.38. The molecule has 104 valence electrons. The first kappa shape index (κ1) is 13.9. The summed E-state index contributed by atoms with van der Waals surface area (Å²) >= 11 is 1.68. The zero-order valence-electron chi connectivity index (χ0n) is 10.8. The van der Waals surface area contributed by atoms with Crippen LogP contribution in [0.2, 0.25) is 0 Å². The zero-order valence-corrected chi connectivity index (χ0v) is 11.6. The van der Waals surface area contributed by atoms with Gasteiger partial charge in [-0.15, -0.1) is 11.3 Å². The SMILES string of the molecule is NC(=NO)C1(C(=O)NCCc2cccs2)CCCC1. The predicted octanol–water partition coefficient (Wildman–Crippen LogP) is 1.71. The Morgan fingerprint density at radius 3 is 2.84 bits per heavy atom. The van der Waals surface area contributed by atoms with Crippen LogP contribution in [0, 0.1) is 5.41 Å². The van der Waals surface area contributed by atoms with Crippen molar-refractivity contribution >= 4 is 23.1 Å². The fraction of sp³-hybridized carbons (Fsp3) is 0.538. The maximum atomic E-state index is 12.3. The van der Waals surface area contributed by atoms with Gasteiger partial charge in [-0.3, -0.25) is 4.79 Å². The molecular weight excluding hydrogens is 262 g/mol. The molecule has 1 aromatic heterocycles. The average Bonchev–Trinajstić information content (AvgIpc) is 3.09. The summed E-state index contributed by atoms with van der Waals surface area (Å²) < 4.78 is 0. The number of hydrogen-bond donors (Lipinski definition) is 3. The summed E-state index contributed by atoms with van der Waals surface area (Å²) in [7, 11) is 0. The minimum absolute atomic E-state index is 0.0404. The van der Waals surface area contributed by atoms with Crippen LogP contribution in [-0.4, -0.2) is 23.5 Å². The van der Waals surface area contributed by atoms with E-state index >= 15 is 0 Å². The van der Waals surface area contributed by atoms with E-state index in [-0.39, 0.29) is 11.7 Å². The highest BCUT2D eigenvalue weighted by atomic mass is 32.1. The highest BCUT2D eigenvalue weighted by Gasteiger charge is 2.45. The van der Waals surface area contributed by atoms with Gasteiger partial charge < -0.3 is 16.3 Å². The number of nitrogens with zero attached hydrogens (tertiary/aromatic N) is 1. The Kier molecular flexibility index (Phi) is 4.42. The van der Waals surface area contributed by atoms with E-state index in [4.69, 9.17) is 10.9 Å². The molecule has 0 bridgehead atoms. The number of thiophene rings is 1. The number of nitrogens with one attached hydrogen (secondary N) is 1. The standard InChI is InChI=1S/C13H19N3O2S/c14-11(16-18)13(6-1-2-7-13)12(17)15-8-5-10-4-3-9-19-10/h3-4,9,18H,1-2,5-8H2,(H2,14,16)(H,15,17). The van der Waals surface area contributed by atoms with Gasteiger partial charge in [-0.05, 0) is 30.7 Å². The molecule has 0 atom stereocenters. The third-order valence-corrected chi connectivity index (χ3v) is 4.66. The highest BCUT2D eigenvalue weighted by molar-refractivity contribution is 7.09. The summed E-state index contributed by atoms with van der Waals surface area (Å²) in [6.07, 6.45) is 4.01. The first-order valence-corrected chi connectivity index (χ1v) is 7.36. The lowest BCUT2D eigenvalue weighted by atomic mass is 9.84. The van der Waals surface area contributed by atoms with Crippen molar-refractivity contribution in [3.63, 3.8) is 0 Å². The van der Waals surface area contributed by atoms with Crippen molar-refractivity contribution < 1.29 is 10.0 Å². The minimum atomic E-state index is -0.801. The molecule has 1 saturated carbocycles. The average molecular weight is 281 g/mol. The van der Waals surface area contributed by atoms with Crippen LogP contribution < -0.4 is 11.1 Å². The molecule has 4 N–H and O–H groups in total. The molecule has 2 rings (SSSR count). The Morgan fingerprint density at radius 2 is 2.26 bits per heavy atom. The number of carbonyl (C=O) groups is 1. The molecule has 0 radical (unpaired) electrons. The van der Waals surface area contributed by atoms with Gasteiger partial charge in [0, 0.05) is 11.4 Å². The molecule has 0 saturated heterocycles. The van der Waals surface area contributed by atoms with Crippen molar-refractivity contribution in [1.29, 1.82) is 0 Å². The van der Waals surface area contributed by atoms with E-state index in [1.165, 1.54) is 4.88 Å². The molecule has 0 spiro atoms. The first-order chi connectivity index (χ1) is 9.19. The maximum absolute atomic E-state index is 12.3. The zero-order chi connectivity index (χ0) is 13.7. The third kappa shape index (κ3) is 2.89. The Morgan fingerprint density at radius 1 is 1.53 bits per heavy atom. The third-order valence-electron chi connectivity index (χ3n) is 3.73. The van der Waals surface area contributed by atoms with Crippen LogP contribution in [0.25, 0.3) is 0 Å². The molecule has 1 amide bonds. The summed E-state index contributed by atoms with van der Waals surface area (Å²) in [5.74, 6) is -0.0736. The van der Waals surface area contributed by atoms with Crippen molar-refractivity contribution in [2.24, 2.45) is 16.3 Å². The van der Waals surface area contributed by atoms with Gasteiger partial charge in [-0.1, -0.05) is 24.1 Å². The van der Waals surface area contributed by atoms with Gasteiger partial charge in [0.05, 0.1) is 0 Å². The van der Waals surface area contributed by atoms with Gasteiger partial charge in [-0.2, -0.15) is 0 Å². The molecule has 6 heteroatoms. The van der Waals surface area contributed by atoms with E-state index in [0.717, 1.165) is 19.3 Å². The number of hydrogen-bond acceptors (Lipinski definition) is 4. The lowest BCUT2D eigenvalue weighted by molar-refractivity contribution is -0.127. The maximum Gasteiger partial charge on any atom is 0.233 e. The number of nitrogens with two attached hydrogens (primary N) is 1. The summed E-state index contributed by atoms with van der Waals surface area (Å²) in [5, 5.41) is 16.9. The van der Waals surface area contributed by atoms with E-state index in [0.29, 0.717) is 19.4 Å². The molecule has 1 fully saturated rings. The van der Waals surface area contributed by atoms with Gasteiger partial charge in [0.25, 0.3) is 0 Å². The fourth-order valence-corrected chi connectivity index (χ4v) is 3.31. The molecule has 1 aliphatic carbocycles. The number of carbonyl (C=O) groups excluding carboxylic acids is 1. The van der Waals surface area contributed by atoms with E-state index in [1.807, 2.05) is 17.5 Å². The molecular formula is C13H19N3O2S. The molecule has 1 aromatic rings. The van der Waals surface area contributed by atoms with Crippen molar-refractivity contribution in [2.45, 2.75) is 32.1 Å². The monoisotopic (exact) mass is 281 g/mol. The van der Waals surface area contributed by atoms with Crippen molar-refractivity contribution in [3.05, 3.63) is 22.4 Å². The summed E-state index contributed by atoms with van der Waals surface area (Å²) in [6, 6.07) is 4.04. The largest absolute Gasteiger partial charge is 0.409 e. The van der Waals surface area contributed by atoms with Gasteiger partial charge in [0.1, 0.15) is 5.41 Å². The van der Waals surface area contributed by atoms with Gasteiger partial charge in [0.2, 0.25) is 5.91 Å². The number of amidine groups is 1. The van der Waals surface area contributed by atoms with E-state index in [9.17, 15) is 4.79 Å². The smallest absolute Gasteiger partial charge is 0.233 e. The second-order valence-electron chi connectivity index (χ2n) is 4.86. The fourth-order valence-electron chi connectivity index (χ4n) is 2.60. The van der Waals surface area contributed by atoms with E-state index < -0.39 is 5.41 Å². The summed E-state index contributed by atoms with van der Waals surface area (Å²) in [4.78, 5) is 13.6. The number of oxime groups is 1. The second-order valence-corrected chi connectivity index (χ2v) is 5.89. The van der Waals surface area contributed by atoms with Crippen LogP contribution >= 0.6 is 11.3 Å². The quantitative estimate of drug-likeness (QED) is 0.332. The van der Waals surface area contributed by atoms with Crippen LogP contribution in [0.5, 0.6) is 0 Å². The van der Waals surface area contributed by atoms with Crippen molar-refractivity contribution in [1.82, 2.24) is 5.32 Å². The van der Waals surface area contributed by atoms with Crippen molar-refractivity contribution in [3.8, 4) is 0 Å². The summed E-state index contributed by atoms with van der Waals surface area (Å²) in [6.45, 7) is 0.583. The Labute approximate surface area is 116 Å². The normalized spacial score (nSPS) is 18.4. The first-order valence-electron chi connectivity index (χ1n) is 6.48. The summed E-state index contributed by atoms with van der Waals surface area (Å²) in [5.41, 5.74) is 4.92. The molecule has 0 aliphatic heterocycles. The van der Waals surface area contributed by atoms with E-state index in [2.05, 4.69) is 10.5 Å². The van der Waals surface area contributed by atoms with Gasteiger partial charge >= 0.3 is 0 Å². The molecule has 1 aliphatic rings.